The molecule has 0 aliphatic heterocycles. The SMILES string of the molecule is CC(C)(C)C1CCC(=NNC(=S)Nc2ccccc2C(F)(F)F)CC1. The molecule has 2 N–H and O–H groups in total. The van der Waals surface area contributed by atoms with Crippen LogP contribution in [0.2, 0.25) is 0 Å². The summed E-state index contributed by atoms with van der Waals surface area (Å²) in [5, 5.41) is 6.91. The van der Waals surface area contributed by atoms with Gasteiger partial charge in [-0.25, -0.2) is 0 Å². The Labute approximate surface area is 152 Å². The van der Waals surface area contributed by atoms with Crippen LogP contribution in [0.25, 0.3) is 0 Å². The van der Waals surface area contributed by atoms with E-state index in [0.29, 0.717) is 5.92 Å². The summed E-state index contributed by atoms with van der Waals surface area (Å²) in [4.78, 5) is 0. The zero-order valence-corrected chi connectivity index (χ0v) is 15.5. The fourth-order valence-corrected chi connectivity index (χ4v) is 3.20. The Morgan fingerprint density at radius 3 is 2.28 bits per heavy atom. The molecule has 0 bridgehead atoms. The molecule has 0 aromatic heterocycles. The zero-order valence-electron chi connectivity index (χ0n) is 14.7. The van der Waals surface area contributed by atoms with Crippen LogP contribution in [-0.4, -0.2) is 10.8 Å². The van der Waals surface area contributed by atoms with Crippen LogP contribution in [0.1, 0.15) is 52.0 Å². The molecule has 3 nitrogen and oxygen atoms in total. The van der Waals surface area contributed by atoms with Crippen LogP contribution in [0.5, 0.6) is 0 Å². The van der Waals surface area contributed by atoms with E-state index in [9.17, 15) is 13.2 Å². The lowest BCUT2D eigenvalue weighted by Gasteiger charge is -2.34. The lowest BCUT2D eigenvalue weighted by atomic mass is 9.72. The molecule has 1 aliphatic carbocycles. The predicted octanol–water partition coefficient (Wildman–Crippen LogP) is 5.58. The lowest BCUT2D eigenvalue weighted by Crippen LogP contribution is -2.29. The summed E-state index contributed by atoms with van der Waals surface area (Å²) >= 11 is 5.07. The van der Waals surface area contributed by atoms with E-state index in [-0.39, 0.29) is 16.2 Å². The van der Waals surface area contributed by atoms with Crippen molar-refractivity contribution in [3.8, 4) is 0 Å². The number of benzene rings is 1. The first-order chi connectivity index (χ1) is 11.6. The van der Waals surface area contributed by atoms with E-state index in [4.69, 9.17) is 12.2 Å². The number of thiocarbonyl (C=S) groups is 1. The van der Waals surface area contributed by atoms with Gasteiger partial charge in [-0.2, -0.15) is 18.3 Å². The molecule has 7 heteroatoms. The quantitative estimate of drug-likeness (QED) is 0.526. The van der Waals surface area contributed by atoms with Gasteiger partial charge in [0.1, 0.15) is 0 Å². The normalized spacial score (nSPS) is 18.6. The van der Waals surface area contributed by atoms with E-state index in [1.54, 1.807) is 0 Å². The third kappa shape index (κ3) is 5.70. The molecule has 0 amide bonds. The molecule has 138 valence electrons. The fourth-order valence-electron chi connectivity index (χ4n) is 3.05. The highest BCUT2D eigenvalue weighted by atomic mass is 32.1. The number of anilines is 1. The van der Waals surface area contributed by atoms with Gasteiger partial charge in [-0.15, -0.1) is 0 Å². The van der Waals surface area contributed by atoms with Gasteiger partial charge in [0.25, 0.3) is 0 Å². The molecule has 1 aliphatic rings. The summed E-state index contributed by atoms with van der Waals surface area (Å²) in [6.07, 6.45) is -0.522. The van der Waals surface area contributed by atoms with Crippen molar-refractivity contribution in [2.75, 3.05) is 5.32 Å². The van der Waals surface area contributed by atoms with Crippen LogP contribution in [0, 0.1) is 11.3 Å². The molecule has 0 saturated heterocycles. The first-order valence-corrected chi connectivity index (χ1v) is 8.77. The number of rotatable bonds is 2. The minimum atomic E-state index is -4.43. The Morgan fingerprint density at radius 2 is 1.72 bits per heavy atom. The van der Waals surface area contributed by atoms with Gasteiger partial charge in [0, 0.05) is 5.71 Å². The van der Waals surface area contributed by atoms with Gasteiger partial charge in [-0.3, -0.25) is 5.43 Å². The van der Waals surface area contributed by atoms with Crippen LogP contribution in [0.4, 0.5) is 18.9 Å². The van der Waals surface area contributed by atoms with E-state index >= 15 is 0 Å². The molecule has 0 spiro atoms. The summed E-state index contributed by atoms with van der Waals surface area (Å²) in [6, 6.07) is 5.24. The predicted molar refractivity (Wildman–Crippen MR) is 99.6 cm³/mol. The lowest BCUT2D eigenvalue weighted by molar-refractivity contribution is -0.136. The number of nitrogens with zero attached hydrogens (tertiary/aromatic N) is 1. The molecule has 0 unspecified atom stereocenters. The standard InChI is InChI=1S/C18H24F3N3S/c1-17(2,3)12-8-10-13(11-9-12)23-24-16(25)22-15-7-5-4-6-14(15)18(19,20)21/h4-7,12H,8-11H2,1-3H3,(H2,22,24,25). The fraction of sp³-hybridized carbons (Fsp3) is 0.556. The Bertz CT molecular complexity index is 638. The van der Waals surface area contributed by atoms with Gasteiger partial charge in [0.05, 0.1) is 11.3 Å². The van der Waals surface area contributed by atoms with Crippen molar-refractivity contribution in [1.82, 2.24) is 5.43 Å². The molecule has 0 atom stereocenters. The monoisotopic (exact) mass is 371 g/mol. The number of hydrazone groups is 1. The number of halogens is 3. The number of hydrogen-bond acceptors (Lipinski definition) is 2. The molecule has 0 radical (unpaired) electrons. The molecule has 1 saturated carbocycles. The Morgan fingerprint density at radius 1 is 1.12 bits per heavy atom. The number of para-hydroxylation sites is 1. The van der Waals surface area contributed by atoms with Gasteiger partial charge in [-0.1, -0.05) is 32.9 Å². The summed E-state index contributed by atoms with van der Waals surface area (Å²) in [5.41, 5.74) is 3.14. The van der Waals surface area contributed by atoms with Gasteiger partial charge >= 0.3 is 6.18 Å². The molecule has 25 heavy (non-hydrogen) atoms. The maximum Gasteiger partial charge on any atom is 0.418 e. The highest BCUT2D eigenvalue weighted by Gasteiger charge is 2.33. The maximum atomic E-state index is 13.0. The Hall–Kier alpha value is -1.63. The van der Waals surface area contributed by atoms with Gasteiger partial charge in [0.15, 0.2) is 5.11 Å². The van der Waals surface area contributed by atoms with Gasteiger partial charge in [-0.05, 0) is 61.4 Å². The number of nitrogens with one attached hydrogen (secondary N) is 2. The highest BCUT2D eigenvalue weighted by Crippen LogP contribution is 2.37. The number of hydrogen-bond donors (Lipinski definition) is 2. The molecule has 1 fully saturated rings. The van der Waals surface area contributed by atoms with Crippen molar-refractivity contribution in [3.63, 3.8) is 0 Å². The molecule has 1 aromatic rings. The van der Waals surface area contributed by atoms with Crippen molar-refractivity contribution in [3.05, 3.63) is 29.8 Å². The minimum absolute atomic E-state index is 0.0575. The van der Waals surface area contributed by atoms with Crippen LogP contribution in [-0.2, 0) is 6.18 Å². The second-order valence-electron chi connectivity index (χ2n) is 7.43. The van der Waals surface area contributed by atoms with Gasteiger partial charge < -0.3 is 5.32 Å². The highest BCUT2D eigenvalue weighted by molar-refractivity contribution is 7.80. The van der Waals surface area contributed by atoms with Crippen LogP contribution < -0.4 is 10.7 Å². The van der Waals surface area contributed by atoms with Crippen molar-refractivity contribution < 1.29 is 13.2 Å². The molecule has 0 heterocycles. The van der Waals surface area contributed by atoms with Gasteiger partial charge in [0.2, 0.25) is 0 Å². The molecular formula is C18H24F3N3S. The topological polar surface area (TPSA) is 36.4 Å². The van der Waals surface area contributed by atoms with Crippen molar-refractivity contribution in [1.29, 1.82) is 0 Å². The average molecular weight is 371 g/mol. The summed E-state index contributed by atoms with van der Waals surface area (Å²) in [6.45, 7) is 6.74. The van der Waals surface area contributed by atoms with Crippen LogP contribution in [0.15, 0.2) is 29.4 Å². The Kier molecular flexibility index (Phi) is 6.08. The third-order valence-electron chi connectivity index (χ3n) is 4.58. The van der Waals surface area contributed by atoms with Crippen LogP contribution in [0.3, 0.4) is 0 Å². The smallest absolute Gasteiger partial charge is 0.331 e. The first kappa shape index (κ1) is 19.7. The van der Waals surface area contributed by atoms with Crippen molar-refractivity contribution in [2.24, 2.45) is 16.4 Å². The van der Waals surface area contributed by atoms with E-state index in [2.05, 4.69) is 36.6 Å². The first-order valence-electron chi connectivity index (χ1n) is 8.36. The van der Waals surface area contributed by atoms with E-state index < -0.39 is 11.7 Å². The van der Waals surface area contributed by atoms with Crippen molar-refractivity contribution in [2.45, 2.75) is 52.6 Å². The molecular weight excluding hydrogens is 347 g/mol. The second-order valence-corrected chi connectivity index (χ2v) is 7.84. The van der Waals surface area contributed by atoms with Crippen LogP contribution >= 0.6 is 12.2 Å². The second kappa shape index (κ2) is 7.72. The number of alkyl halides is 3. The average Bonchev–Trinajstić information content (AvgIpc) is 2.52. The minimum Gasteiger partial charge on any atom is -0.331 e. The zero-order chi connectivity index (χ0) is 18.7. The summed E-state index contributed by atoms with van der Waals surface area (Å²) in [7, 11) is 0. The molecule has 1 aromatic carbocycles. The van der Waals surface area contributed by atoms with E-state index in [1.165, 1.54) is 18.2 Å². The van der Waals surface area contributed by atoms with Crippen molar-refractivity contribution >= 4 is 28.7 Å². The van der Waals surface area contributed by atoms with E-state index in [0.717, 1.165) is 37.5 Å². The largest absolute Gasteiger partial charge is 0.418 e. The third-order valence-corrected chi connectivity index (χ3v) is 4.78. The van der Waals surface area contributed by atoms with E-state index in [1.807, 2.05) is 0 Å². The maximum absolute atomic E-state index is 13.0. The Balaban J connectivity index is 1.92. The summed E-state index contributed by atoms with van der Waals surface area (Å²) < 4.78 is 38.9. The molecule has 2 rings (SSSR count). The summed E-state index contributed by atoms with van der Waals surface area (Å²) in [5.74, 6) is 0.662.